The molecule has 94 valence electrons. The number of anilines is 1. The number of rotatable bonds is 6. The van der Waals surface area contributed by atoms with Crippen molar-refractivity contribution >= 4 is 11.7 Å². The molecule has 0 saturated heterocycles. The first kappa shape index (κ1) is 13.6. The summed E-state index contributed by atoms with van der Waals surface area (Å²) in [5.41, 5.74) is 2.17. The molecule has 3 heteroatoms. The number of amides is 2. The highest BCUT2D eigenvalue weighted by Crippen LogP contribution is 2.11. The molecule has 0 radical (unpaired) electrons. The molecule has 0 heterocycles. The van der Waals surface area contributed by atoms with Crippen LogP contribution in [0.2, 0.25) is 0 Å². The van der Waals surface area contributed by atoms with Gasteiger partial charge in [-0.15, -0.1) is 0 Å². The predicted octanol–water partition coefficient (Wildman–Crippen LogP) is 3.56. The number of hydrogen-bond donors (Lipinski definition) is 2. The van der Waals surface area contributed by atoms with Crippen LogP contribution in [0.1, 0.15) is 38.7 Å². The van der Waals surface area contributed by atoms with Crippen LogP contribution in [0.3, 0.4) is 0 Å². The number of urea groups is 1. The van der Waals surface area contributed by atoms with Crippen molar-refractivity contribution in [3.05, 3.63) is 29.8 Å². The van der Waals surface area contributed by atoms with E-state index in [1.807, 2.05) is 19.1 Å². The first-order valence-corrected chi connectivity index (χ1v) is 6.40. The molecule has 0 fully saturated rings. The van der Waals surface area contributed by atoms with Crippen LogP contribution in [0.15, 0.2) is 24.3 Å². The third kappa shape index (κ3) is 5.38. The third-order valence-electron chi connectivity index (χ3n) is 2.57. The molecule has 1 aromatic rings. The van der Waals surface area contributed by atoms with Crippen molar-refractivity contribution in [1.82, 2.24) is 5.32 Å². The Bertz CT molecular complexity index is 333. The number of carbonyl (C=O) groups excluding carboxylic acids is 1. The van der Waals surface area contributed by atoms with E-state index in [0.29, 0.717) is 6.54 Å². The van der Waals surface area contributed by atoms with E-state index in [9.17, 15) is 4.79 Å². The van der Waals surface area contributed by atoms with E-state index in [1.54, 1.807) is 0 Å². The van der Waals surface area contributed by atoms with Gasteiger partial charge < -0.3 is 10.6 Å². The van der Waals surface area contributed by atoms with Crippen LogP contribution in [-0.4, -0.2) is 12.6 Å². The van der Waals surface area contributed by atoms with Crippen molar-refractivity contribution in [3.8, 4) is 0 Å². The number of aryl methyl sites for hydroxylation is 1. The van der Waals surface area contributed by atoms with Crippen molar-refractivity contribution in [2.75, 3.05) is 11.9 Å². The Balaban J connectivity index is 2.42. The minimum absolute atomic E-state index is 0.131. The molecule has 0 unspecified atom stereocenters. The number of hydrogen-bond acceptors (Lipinski definition) is 1. The van der Waals surface area contributed by atoms with Crippen LogP contribution in [0.25, 0.3) is 0 Å². The van der Waals surface area contributed by atoms with Gasteiger partial charge in [-0.05, 0) is 37.0 Å². The van der Waals surface area contributed by atoms with Crippen molar-refractivity contribution < 1.29 is 4.79 Å². The van der Waals surface area contributed by atoms with E-state index in [2.05, 4.69) is 29.7 Å². The van der Waals surface area contributed by atoms with Crippen LogP contribution in [0.4, 0.5) is 10.5 Å². The fraction of sp³-hybridized carbons (Fsp3) is 0.500. The number of nitrogens with one attached hydrogen (secondary N) is 2. The van der Waals surface area contributed by atoms with Gasteiger partial charge in [0.15, 0.2) is 0 Å². The molecule has 1 rings (SSSR count). The molecule has 0 bridgehead atoms. The second kappa shape index (κ2) is 7.71. The zero-order valence-electron chi connectivity index (χ0n) is 10.8. The molecular weight excluding hydrogens is 212 g/mol. The summed E-state index contributed by atoms with van der Waals surface area (Å²) in [5.74, 6) is 0. The highest BCUT2D eigenvalue weighted by atomic mass is 16.2. The molecule has 0 spiro atoms. The summed E-state index contributed by atoms with van der Waals surface area (Å²) >= 11 is 0. The maximum absolute atomic E-state index is 11.4. The molecule has 2 amide bonds. The van der Waals surface area contributed by atoms with Gasteiger partial charge in [0.1, 0.15) is 0 Å². The van der Waals surface area contributed by atoms with E-state index >= 15 is 0 Å². The summed E-state index contributed by atoms with van der Waals surface area (Å²) < 4.78 is 0. The van der Waals surface area contributed by atoms with Crippen LogP contribution >= 0.6 is 0 Å². The molecule has 17 heavy (non-hydrogen) atoms. The second-order valence-electron chi connectivity index (χ2n) is 4.18. The SMILES string of the molecule is CCCCc1ccc(NC(=O)NCCC)cc1. The Kier molecular flexibility index (Phi) is 6.15. The lowest BCUT2D eigenvalue weighted by atomic mass is 10.1. The zero-order chi connectivity index (χ0) is 12.5. The summed E-state index contributed by atoms with van der Waals surface area (Å²) in [5, 5.41) is 5.59. The Morgan fingerprint density at radius 2 is 1.82 bits per heavy atom. The molecule has 0 aliphatic heterocycles. The maximum atomic E-state index is 11.4. The maximum Gasteiger partial charge on any atom is 0.319 e. The lowest BCUT2D eigenvalue weighted by Gasteiger charge is -2.07. The minimum atomic E-state index is -0.131. The summed E-state index contributed by atoms with van der Waals surface area (Å²) in [6.45, 7) is 4.93. The third-order valence-corrected chi connectivity index (χ3v) is 2.57. The summed E-state index contributed by atoms with van der Waals surface area (Å²) in [6.07, 6.45) is 4.48. The van der Waals surface area contributed by atoms with E-state index in [-0.39, 0.29) is 6.03 Å². The fourth-order valence-corrected chi connectivity index (χ4v) is 1.55. The second-order valence-corrected chi connectivity index (χ2v) is 4.18. The molecule has 3 nitrogen and oxygen atoms in total. The standard InChI is InChI=1S/C14H22N2O/c1-3-5-6-12-7-9-13(10-8-12)16-14(17)15-11-4-2/h7-10H,3-6,11H2,1-2H3,(H2,15,16,17). The van der Waals surface area contributed by atoms with Crippen molar-refractivity contribution in [1.29, 1.82) is 0 Å². The van der Waals surface area contributed by atoms with Crippen LogP contribution in [0, 0.1) is 0 Å². The van der Waals surface area contributed by atoms with Gasteiger partial charge in [0, 0.05) is 12.2 Å². The van der Waals surface area contributed by atoms with Gasteiger partial charge in [-0.1, -0.05) is 32.4 Å². The number of unbranched alkanes of at least 4 members (excludes halogenated alkanes) is 1. The van der Waals surface area contributed by atoms with Crippen molar-refractivity contribution in [2.45, 2.75) is 39.5 Å². The number of carbonyl (C=O) groups is 1. The van der Waals surface area contributed by atoms with E-state index in [0.717, 1.165) is 18.5 Å². The van der Waals surface area contributed by atoms with Gasteiger partial charge >= 0.3 is 6.03 Å². The first-order valence-electron chi connectivity index (χ1n) is 6.40. The van der Waals surface area contributed by atoms with Crippen molar-refractivity contribution in [2.24, 2.45) is 0 Å². The molecule has 0 aromatic heterocycles. The van der Waals surface area contributed by atoms with Gasteiger partial charge in [0.2, 0.25) is 0 Å². The summed E-state index contributed by atoms with van der Waals surface area (Å²) in [7, 11) is 0. The fourth-order valence-electron chi connectivity index (χ4n) is 1.55. The quantitative estimate of drug-likeness (QED) is 0.776. The molecule has 0 aliphatic rings. The summed E-state index contributed by atoms with van der Waals surface area (Å²) in [4.78, 5) is 11.4. The van der Waals surface area contributed by atoms with E-state index < -0.39 is 0 Å². The van der Waals surface area contributed by atoms with Gasteiger partial charge in [-0.25, -0.2) is 4.79 Å². The van der Waals surface area contributed by atoms with Crippen molar-refractivity contribution in [3.63, 3.8) is 0 Å². The van der Waals surface area contributed by atoms with Gasteiger partial charge in [0.05, 0.1) is 0 Å². The van der Waals surface area contributed by atoms with E-state index in [4.69, 9.17) is 0 Å². The molecule has 0 aliphatic carbocycles. The first-order chi connectivity index (χ1) is 8.26. The van der Waals surface area contributed by atoms with Gasteiger partial charge in [-0.3, -0.25) is 0 Å². The molecule has 0 saturated carbocycles. The van der Waals surface area contributed by atoms with E-state index in [1.165, 1.54) is 18.4 Å². The Morgan fingerprint density at radius 1 is 1.12 bits per heavy atom. The Hall–Kier alpha value is -1.51. The molecule has 2 N–H and O–H groups in total. The van der Waals surface area contributed by atoms with Crippen LogP contribution in [0.5, 0.6) is 0 Å². The summed E-state index contributed by atoms with van der Waals surface area (Å²) in [6, 6.07) is 7.93. The smallest absolute Gasteiger partial charge is 0.319 e. The lowest BCUT2D eigenvalue weighted by molar-refractivity contribution is 0.252. The predicted molar refractivity (Wildman–Crippen MR) is 72.4 cm³/mol. The Labute approximate surface area is 104 Å². The molecular formula is C14H22N2O. The van der Waals surface area contributed by atoms with Gasteiger partial charge in [0.25, 0.3) is 0 Å². The zero-order valence-corrected chi connectivity index (χ0v) is 10.8. The average molecular weight is 234 g/mol. The molecule has 0 atom stereocenters. The molecule has 1 aromatic carbocycles. The normalized spacial score (nSPS) is 10.0. The average Bonchev–Trinajstić information content (AvgIpc) is 2.35. The highest BCUT2D eigenvalue weighted by Gasteiger charge is 2.00. The van der Waals surface area contributed by atoms with Gasteiger partial charge in [-0.2, -0.15) is 0 Å². The minimum Gasteiger partial charge on any atom is -0.338 e. The Morgan fingerprint density at radius 3 is 2.41 bits per heavy atom. The van der Waals surface area contributed by atoms with Crippen LogP contribution in [-0.2, 0) is 6.42 Å². The highest BCUT2D eigenvalue weighted by molar-refractivity contribution is 5.89. The largest absolute Gasteiger partial charge is 0.338 e. The number of benzene rings is 1. The lowest BCUT2D eigenvalue weighted by Crippen LogP contribution is -2.29. The van der Waals surface area contributed by atoms with Crippen LogP contribution < -0.4 is 10.6 Å². The monoisotopic (exact) mass is 234 g/mol. The topological polar surface area (TPSA) is 41.1 Å².